The third kappa shape index (κ3) is 5.21. The van der Waals surface area contributed by atoms with Crippen LogP contribution >= 0.6 is 0 Å². The van der Waals surface area contributed by atoms with Gasteiger partial charge in [0.1, 0.15) is 12.4 Å². The third-order valence-corrected chi connectivity index (χ3v) is 4.22. The molecule has 0 saturated carbocycles. The topological polar surface area (TPSA) is 68.2 Å². The quantitative estimate of drug-likeness (QED) is 0.505. The number of imidazole rings is 1. The third-order valence-electron chi connectivity index (χ3n) is 4.22. The van der Waals surface area contributed by atoms with Gasteiger partial charge in [-0.1, -0.05) is 48.0 Å². The monoisotopic (exact) mass is 347 g/mol. The maximum absolute atomic E-state index is 5.99. The van der Waals surface area contributed by atoms with E-state index in [-0.39, 0.29) is 0 Å². The molecule has 0 unspecified atom stereocenters. The summed E-state index contributed by atoms with van der Waals surface area (Å²) in [7, 11) is 0. The van der Waals surface area contributed by atoms with E-state index in [1.807, 2.05) is 42.7 Å². The molecule has 0 saturated heterocycles. The number of hydrogen-bond donors (Lipinski definition) is 2. The Morgan fingerprint density at radius 1 is 1.12 bits per heavy atom. The van der Waals surface area contributed by atoms with Gasteiger partial charge in [0.25, 0.3) is 0 Å². The molecule has 0 fully saturated rings. The van der Waals surface area contributed by atoms with Crippen molar-refractivity contribution in [1.29, 1.82) is 0 Å². The van der Waals surface area contributed by atoms with Crippen LogP contribution in [0.4, 0.5) is 5.69 Å². The Labute approximate surface area is 154 Å². The van der Waals surface area contributed by atoms with E-state index in [1.165, 1.54) is 11.1 Å². The lowest BCUT2D eigenvalue weighted by Gasteiger charge is -2.08. The molecular formula is C21H25N5. The number of hydrogen-bond acceptors (Lipinski definition) is 2. The molecule has 1 aromatic heterocycles. The number of guanidine groups is 1. The van der Waals surface area contributed by atoms with Gasteiger partial charge in [-0.3, -0.25) is 0 Å². The molecule has 3 rings (SSSR count). The molecule has 0 amide bonds. The van der Waals surface area contributed by atoms with Crippen molar-refractivity contribution in [3.63, 3.8) is 0 Å². The highest BCUT2D eigenvalue weighted by Crippen LogP contribution is 2.09. The Kier molecular flexibility index (Phi) is 6.04. The number of aliphatic imine (C=N–C) groups is 1. The molecule has 26 heavy (non-hydrogen) atoms. The fourth-order valence-corrected chi connectivity index (χ4v) is 2.77. The Morgan fingerprint density at radius 2 is 1.88 bits per heavy atom. The average Bonchev–Trinajstić information content (AvgIpc) is 3.10. The highest BCUT2D eigenvalue weighted by atomic mass is 15.1. The molecule has 0 bridgehead atoms. The van der Waals surface area contributed by atoms with Gasteiger partial charge in [-0.2, -0.15) is 0 Å². The van der Waals surface area contributed by atoms with Gasteiger partial charge in [0.2, 0.25) is 0 Å². The smallest absolute Gasteiger partial charge is 0.193 e. The van der Waals surface area contributed by atoms with E-state index in [4.69, 9.17) is 5.73 Å². The molecule has 2 aromatic carbocycles. The van der Waals surface area contributed by atoms with Gasteiger partial charge in [0.05, 0.1) is 0 Å². The molecule has 0 aliphatic rings. The summed E-state index contributed by atoms with van der Waals surface area (Å²) in [6, 6.07) is 18.6. The Morgan fingerprint density at radius 3 is 2.65 bits per heavy atom. The molecule has 1 heterocycles. The van der Waals surface area contributed by atoms with Gasteiger partial charge in [0, 0.05) is 24.6 Å². The maximum Gasteiger partial charge on any atom is 0.193 e. The highest BCUT2D eigenvalue weighted by molar-refractivity contribution is 5.92. The van der Waals surface area contributed by atoms with Gasteiger partial charge >= 0.3 is 0 Å². The van der Waals surface area contributed by atoms with Gasteiger partial charge in [-0.15, -0.1) is 0 Å². The maximum atomic E-state index is 5.99. The number of aromatic nitrogens is 2. The Hall–Kier alpha value is -3.08. The van der Waals surface area contributed by atoms with E-state index in [1.54, 1.807) is 0 Å². The molecule has 0 aliphatic carbocycles. The fourth-order valence-electron chi connectivity index (χ4n) is 2.77. The van der Waals surface area contributed by atoms with Crippen LogP contribution in [0.1, 0.15) is 23.4 Å². The van der Waals surface area contributed by atoms with Crippen molar-refractivity contribution >= 4 is 11.6 Å². The summed E-state index contributed by atoms with van der Waals surface area (Å²) in [5.74, 6) is 1.32. The largest absolute Gasteiger partial charge is 0.370 e. The summed E-state index contributed by atoms with van der Waals surface area (Å²) in [4.78, 5) is 8.82. The first-order chi connectivity index (χ1) is 12.7. The van der Waals surface area contributed by atoms with Crippen LogP contribution < -0.4 is 11.1 Å². The van der Waals surface area contributed by atoms with Crippen LogP contribution in [0, 0.1) is 6.92 Å². The number of nitrogens with zero attached hydrogens (tertiary/aromatic N) is 3. The summed E-state index contributed by atoms with van der Waals surface area (Å²) < 4.78 is 2.14. The lowest BCUT2D eigenvalue weighted by molar-refractivity contribution is 0.611. The van der Waals surface area contributed by atoms with Crippen molar-refractivity contribution in [3.05, 3.63) is 83.9 Å². The first-order valence-electron chi connectivity index (χ1n) is 8.88. The van der Waals surface area contributed by atoms with Crippen LogP contribution in [0.5, 0.6) is 0 Å². The molecule has 5 heteroatoms. The van der Waals surface area contributed by atoms with Gasteiger partial charge in [-0.25, -0.2) is 9.98 Å². The van der Waals surface area contributed by atoms with Gasteiger partial charge in [0.15, 0.2) is 5.96 Å². The molecule has 3 aromatic rings. The minimum absolute atomic E-state index is 0.396. The normalized spacial score (nSPS) is 11.5. The predicted octanol–water partition coefficient (Wildman–Crippen LogP) is 3.75. The van der Waals surface area contributed by atoms with Crippen molar-refractivity contribution in [2.24, 2.45) is 10.7 Å². The minimum Gasteiger partial charge on any atom is -0.370 e. The van der Waals surface area contributed by atoms with Crippen LogP contribution in [0.25, 0.3) is 0 Å². The summed E-state index contributed by atoms with van der Waals surface area (Å²) in [6.45, 7) is 3.44. The SMILES string of the molecule is Cc1ccc(NC(N)=NCc2nccn2CCCc2ccccc2)cc1. The number of aryl methyl sites for hydroxylation is 3. The predicted molar refractivity (Wildman–Crippen MR) is 107 cm³/mol. The highest BCUT2D eigenvalue weighted by Gasteiger charge is 2.03. The summed E-state index contributed by atoms with van der Waals surface area (Å²) >= 11 is 0. The number of benzene rings is 2. The van der Waals surface area contributed by atoms with Crippen molar-refractivity contribution in [3.8, 4) is 0 Å². The molecule has 0 radical (unpaired) electrons. The summed E-state index contributed by atoms with van der Waals surface area (Å²) in [5, 5.41) is 3.11. The van der Waals surface area contributed by atoms with E-state index < -0.39 is 0 Å². The van der Waals surface area contributed by atoms with Gasteiger partial charge < -0.3 is 15.6 Å². The molecular weight excluding hydrogens is 322 g/mol. The first kappa shape index (κ1) is 17.7. The fraction of sp³-hybridized carbons (Fsp3) is 0.238. The minimum atomic E-state index is 0.396. The van der Waals surface area contributed by atoms with E-state index in [9.17, 15) is 0 Å². The lowest BCUT2D eigenvalue weighted by Crippen LogP contribution is -2.22. The molecule has 3 N–H and O–H groups in total. The first-order valence-corrected chi connectivity index (χ1v) is 8.88. The molecule has 0 atom stereocenters. The number of rotatable bonds is 7. The molecule has 0 spiro atoms. The van der Waals surface area contributed by atoms with Crippen LogP contribution in [-0.2, 0) is 19.5 Å². The lowest BCUT2D eigenvalue weighted by atomic mass is 10.1. The average molecular weight is 347 g/mol. The second-order valence-corrected chi connectivity index (χ2v) is 6.32. The zero-order valence-corrected chi connectivity index (χ0v) is 15.1. The van der Waals surface area contributed by atoms with Crippen molar-refractivity contribution in [2.75, 3.05) is 5.32 Å². The van der Waals surface area contributed by atoms with Crippen LogP contribution in [0.15, 0.2) is 72.0 Å². The second kappa shape index (κ2) is 8.85. The van der Waals surface area contributed by atoms with Crippen LogP contribution in [-0.4, -0.2) is 15.5 Å². The standard InChI is InChI=1S/C21H25N5/c1-17-9-11-19(12-10-17)25-21(22)24-16-20-23-13-15-26(20)14-5-8-18-6-3-2-4-7-18/h2-4,6-7,9-13,15H,5,8,14,16H2,1H3,(H3,22,24,25). The number of nitrogens with two attached hydrogens (primary N) is 1. The van der Waals surface area contributed by atoms with Gasteiger partial charge in [-0.05, 0) is 37.5 Å². The van der Waals surface area contributed by atoms with E-state index in [0.29, 0.717) is 12.5 Å². The molecule has 134 valence electrons. The molecule has 5 nitrogen and oxygen atoms in total. The Bertz CT molecular complexity index is 834. The second-order valence-electron chi connectivity index (χ2n) is 6.32. The van der Waals surface area contributed by atoms with Crippen molar-refractivity contribution in [1.82, 2.24) is 9.55 Å². The van der Waals surface area contributed by atoms with E-state index in [2.05, 4.69) is 51.0 Å². The molecule has 0 aliphatic heterocycles. The van der Waals surface area contributed by atoms with Crippen LogP contribution in [0.3, 0.4) is 0 Å². The number of anilines is 1. The zero-order chi connectivity index (χ0) is 18.2. The van der Waals surface area contributed by atoms with E-state index in [0.717, 1.165) is 30.9 Å². The summed E-state index contributed by atoms with van der Waals surface area (Å²) in [6.07, 6.45) is 5.93. The number of nitrogens with one attached hydrogen (secondary N) is 1. The summed E-state index contributed by atoms with van der Waals surface area (Å²) in [5.41, 5.74) is 9.49. The zero-order valence-electron chi connectivity index (χ0n) is 15.1. The van der Waals surface area contributed by atoms with Crippen LogP contribution in [0.2, 0.25) is 0 Å². The van der Waals surface area contributed by atoms with E-state index >= 15 is 0 Å². The van der Waals surface area contributed by atoms with Crippen molar-refractivity contribution in [2.45, 2.75) is 32.9 Å². The Balaban J connectivity index is 1.52. The van der Waals surface area contributed by atoms with Crippen molar-refractivity contribution < 1.29 is 0 Å².